The van der Waals surface area contributed by atoms with Gasteiger partial charge in [0.05, 0.1) is 85.9 Å². The fourth-order valence-electron chi connectivity index (χ4n) is 16.9. The van der Waals surface area contributed by atoms with Gasteiger partial charge in [0.25, 0.3) is 17.7 Å². The smallest absolute Gasteiger partial charge is 0.420 e. The number of phenols is 1. The quantitative estimate of drug-likeness (QED) is 0.0239. The SMILES string of the molecule is CC1(C)C(=O)N(Cc2nc(-c3ccc(F)c(C(F)(F)F)c3)no2)C(=O)N1CCN1CCOCC1.CC1(C)C(=O)N(Cc2nc(-c3ccc(Oc4ccccc4SCC4CCOC4)c(C(F)(F)F)c3)no2)C(=O)N1CCN1CCOCC1.CC1(C)C(=O)N(Cc2nc(-c3ccc(Oc4ccccc4SCC4CCOC4)c(C(F)(F)F)c3)no2)C(=O)N1CCN1CCOCC1.Oc1ccccc1SCC1CCOC1. The van der Waals surface area contributed by atoms with Crippen molar-refractivity contribution < 1.29 is 129 Å². The number of thioether (sulfide) groups is 3. The van der Waals surface area contributed by atoms with Gasteiger partial charge in [-0.05, 0) is 170 Å². The van der Waals surface area contributed by atoms with Crippen molar-refractivity contribution in [2.75, 3.05) is 175 Å². The number of nitrogens with zero attached hydrogens (tertiary/aromatic N) is 15. The number of hydrogen-bond donors (Lipinski definition) is 1. The highest BCUT2D eigenvalue weighted by atomic mass is 32.2. The van der Waals surface area contributed by atoms with Crippen molar-refractivity contribution in [2.45, 2.75) is 130 Å². The number of imide groups is 3. The van der Waals surface area contributed by atoms with Crippen molar-refractivity contribution in [3.05, 3.63) is 168 Å². The normalized spacial score (nSPS) is 20.2. The molecule has 33 nitrogen and oxygen atoms in total. The molecule has 12 heterocycles. The van der Waals surface area contributed by atoms with Gasteiger partial charge < -0.3 is 71.3 Å². The Morgan fingerprint density at radius 3 is 0.993 bits per heavy atom. The number of urea groups is 3. The number of morpholine rings is 3. The molecule has 9 aliphatic rings. The molecule has 3 atom stereocenters. The van der Waals surface area contributed by atoms with Crippen molar-refractivity contribution in [1.29, 1.82) is 0 Å². The third kappa shape index (κ3) is 26.0. The molecule has 3 aromatic heterocycles. The van der Waals surface area contributed by atoms with E-state index >= 15 is 0 Å². The minimum absolute atomic E-state index is 0.0371. The average Bonchev–Trinajstić information content (AvgIpc) is 1.61. The first-order valence-corrected chi connectivity index (χ1v) is 49.3. The highest BCUT2D eigenvalue weighted by Gasteiger charge is 2.55. The molecule has 9 saturated heterocycles. The van der Waals surface area contributed by atoms with E-state index in [1.807, 2.05) is 42.5 Å². The second-order valence-electron chi connectivity index (χ2n) is 36.3. The molecule has 9 aliphatic heterocycles. The zero-order chi connectivity index (χ0) is 101. The molecule has 0 radical (unpaired) electrons. The maximum atomic E-state index is 14.3. The van der Waals surface area contributed by atoms with Gasteiger partial charge in [0.15, 0.2) is 0 Å². The second-order valence-corrected chi connectivity index (χ2v) is 39.5. The van der Waals surface area contributed by atoms with Gasteiger partial charge in [-0.3, -0.25) is 43.8 Å². The van der Waals surface area contributed by atoms with Gasteiger partial charge in [-0.25, -0.2) is 18.8 Å². The van der Waals surface area contributed by atoms with Gasteiger partial charge in [-0.15, -0.1) is 35.3 Å². The van der Waals surface area contributed by atoms with E-state index in [4.69, 9.17) is 51.5 Å². The highest BCUT2D eigenvalue weighted by molar-refractivity contribution is 7.99. The summed E-state index contributed by atoms with van der Waals surface area (Å²) in [6.07, 6.45) is -11.3. The predicted octanol–water partition coefficient (Wildman–Crippen LogP) is 16.4. The van der Waals surface area contributed by atoms with Crippen LogP contribution in [0.3, 0.4) is 0 Å². The van der Waals surface area contributed by atoms with Crippen LogP contribution in [0.4, 0.5) is 58.3 Å². The van der Waals surface area contributed by atoms with Crippen molar-refractivity contribution in [3.63, 3.8) is 0 Å². The Kier molecular flexibility index (Phi) is 34.3. The van der Waals surface area contributed by atoms with Crippen LogP contribution in [0.25, 0.3) is 34.2 Å². The van der Waals surface area contributed by atoms with Crippen LogP contribution in [-0.2, 0) is 81.0 Å². The van der Waals surface area contributed by atoms with Crippen molar-refractivity contribution in [1.82, 2.24) is 74.5 Å². The lowest BCUT2D eigenvalue weighted by Gasteiger charge is -2.32. The Bertz CT molecular complexity index is 5630. The number of rotatable bonds is 31. The summed E-state index contributed by atoms with van der Waals surface area (Å²) in [4.78, 5) is 108. The summed E-state index contributed by atoms with van der Waals surface area (Å²) in [6.45, 7) is 24.5. The zero-order valence-electron chi connectivity index (χ0n) is 78.8. The Balaban J connectivity index is 0.000000152. The molecule has 9 fully saturated rings. The summed E-state index contributed by atoms with van der Waals surface area (Å²) in [7, 11) is 0. The summed E-state index contributed by atoms with van der Waals surface area (Å²) in [5, 5.41) is 20.9. The Labute approximate surface area is 824 Å². The monoisotopic (exact) mass is 2050 g/mol. The van der Waals surface area contributed by atoms with Crippen LogP contribution >= 0.6 is 35.3 Å². The minimum atomic E-state index is -4.89. The summed E-state index contributed by atoms with van der Waals surface area (Å²) >= 11 is 4.76. The van der Waals surface area contributed by atoms with Crippen molar-refractivity contribution >= 4 is 71.1 Å². The van der Waals surface area contributed by atoms with E-state index in [0.29, 0.717) is 152 Å². The van der Waals surface area contributed by atoms with Crippen LogP contribution < -0.4 is 9.47 Å². The maximum Gasteiger partial charge on any atom is 0.420 e. The number of carbonyl (C=O) groups is 6. The highest BCUT2D eigenvalue weighted by Crippen LogP contribution is 2.47. The van der Waals surface area contributed by atoms with Crippen LogP contribution in [0, 0.1) is 23.6 Å². The fourth-order valence-corrected chi connectivity index (χ4v) is 20.2. The molecular weight excluding hydrogens is 1940 g/mol. The molecule has 9 amide bonds. The number of halogens is 10. The number of benzene rings is 6. The summed E-state index contributed by atoms with van der Waals surface area (Å²) in [5.41, 5.74) is -6.79. The number of aromatic nitrogens is 6. The van der Waals surface area contributed by atoms with E-state index in [9.17, 15) is 77.8 Å². The van der Waals surface area contributed by atoms with Crippen LogP contribution in [0.2, 0.25) is 0 Å². The number of amides is 9. The van der Waals surface area contributed by atoms with Gasteiger partial charge >= 0.3 is 36.6 Å². The van der Waals surface area contributed by atoms with Gasteiger partial charge in [-0.2, -0.15) is 54.5 Å². The van der Waals surface area contributed by atoms with Crippen LogP contribution in [0.5, 0.6) is 28.7 Å². The fraction of sp³-hybridized carbons (Fsp3) is 0.500. The lowest BCUT2D eigenvalue weighted by Crippen LogP contribution is -2.48. The van der Waals surface area contributed by atoms with E-state index in [2.05, 4.69) is 45.1 Å². The molecule has 0 saturated carbocycles. The molecule has 142 heavy (non-hydrogen) atoms. The summed E-state index contributed by atoms with van der Waals surface area (Å²) < 4.78 is 198. The number of aromatic hydroxyl groups is 1. The first-order chi connectivity index (χ1) is 67.8. The minimum Gasteiger partial charge on any atom is -0.507 e. The van der Waals surface area contributed by atoms with E-state index in [0.717, 1.165) is 137 Å². The number of alkyl halides is 9. The number of carbonyl (C=O) groups excluding carboxylic acids is 6. The molecular formula is C96H109F10N15O18S3. The first-order valence-electron chi connectivity index (χ1n) is 46.4. The van der Waals surface area contributed by atoms with Gasteiger partial charge in [-0.1, -0.05) is 51.9 Å². The topological polar surface area (TPSA) is 342 Å². The van der Waals surface area contributed by atoms with Gasteiger partial charge in [0.2, 0.25) is 35.1 Å². The molecule has 0 aliphatic carbocycles. The second kappa shape index (κ2) is 46.3. The lowest BCUT2D eigenvalue weighted by molar-refractivity contribution is -0.140. The maximum absolute atomic E-state index is 14.3. The summed E-state index contributed by atoms with van der Waals surface area (Å²) in [6, 6.07) is 29.3. The molecule has 3 unspecified atom stereocenters. The standard InChI is InChI=1S/2C32H36F3N5O6S.C21H23F4N5O4.C11H14O2S/c2*1-31(2)29(41)39(30(42)40(31)11-10-38-12-15-43-16-13-38)18-27-36-28(37-46-27)22-7-8-24(23(17-22)32(33,34)35)45-25-5-3-4-6-26(25)47-20-21-9-14-44-19-21;1-20(2)18(31)29(19(32)30(20)6-5-28-7-9-33-10-8-28)12-16-26-17(27-34-16)13-3-4-15(22)14(11-13)21(23,24)25;12-10-3-1-2-4-11(10)14-8-9-5-6-13-7-9/h2*3-8,17,21H,9-16,18-20H2,1-2H3;3-4,11H,5-10,12H2,1-2H3;1-4,9,12H,5-8H2. The Morgan fingerprint density at radius 1 is 0.373 bits per heavy atom. The molecule has 764 valence electrons. The van der Waals surface area contributed by atoms with Crippen LogP contribution in [0.1, 0.15) is 95.2 Å². The lowest BCUT2D eigenvalue weighted by atomic mass is 10.0. The largest absolute Gasteiger partial charge is 0.507 e. The predicted molar refractivity (Wildman–Crippen MR) is 496 cm³/mol. The molecule has 9 aromatic rings. The Morgan fingerprint density at radius 2 is 0.676 bits per heavy atom. The van der Waals surface area contributed by atoms with Crippen molar-refractivity contribution in [3.8, 4) is 62.9 Å². The molecule has 18 rings (SSSR count). The number of hydrogen-bond acceptors (Lipinski definition) is 30. The first kappa shape index (κ1) is 105. The van der Waals surface area contributed by atoms with Gasteiger partial charge in [0.1, 0.15) is 70.8 Å². The number of ether oxygens (including phenoxy) is 8. The van der Waals surface area contributed by atoms with E-state index in [-0.39, 0.29) is 83.0 Å². The van der Waals surface area contributed by atoms with Gasteiger partial charge in [0, 0.05) is 137 Å². The van der Waals surface area contributed by atoms with E-state index in [1.54, 1.807) is 83.6 Å². The summed E-state index contributed by atoms with van der Waals surface area (Å²) in [5.74, 6) is 0.778. The van der Waals surface area contributed by atoms with Crippen molar-refractivity contribution in [2.24, 2.45) is 17.8 Å². The van der Waals surface area contributed by atoms with E-state index in [1.165, 1.54) is 62.5 Å². The average molecular weight is 2050 g/mol. The molecule has 6 aromatic carbocycles. The third-order valence-corrected chi connectivity index (χ3v) is 29.2. The number of phenolic OH excluding ortho intramolecular Hbond substituents is 1. The van der Waals surface area contributed by atoms with Crippen LogP contribution in [-0.4, -0.2) is 307 Å². The third-order valence-electron chi connectivity index (χ3n) is 25.3. The molecule has 0 spiro atoms. The molecule has 46 heteroatoms. The Hall–Kier alpha value is -11.1. The van der Waals surface area contributed by atoms with E-state index < -0.39 is 93.5 Å². The number of para-hydroxylation sites is 3. The molecule has 0 bridgehead atoms. The molecule has 1 N–H and O–H groups in total. The van der Waals surface area contributed by atoms with Crippen LogP contribution in [0.15, 0.2) is 156 Å². The zero-order valence-corrected chi connectivity index (χ0v) is 81.2.